The molecule has 1 fully saturated rings. The lowest BCUT2D eigenvalue weighted by Gasteiger charge is -2.15. The normalized spacial score (nSPS) is 17.9. The largest absolute Gasteiger partial charge is 0.330 e. The van der Waals surface area contributed by atoms with Crippen LogP contribution in [0.25, 0.3) is 0 Å². The van der Waals surface area contributed by atoms with Crippen molar-refractivity contribution in [2.75, 3.05) is 6.54 Å². The van der Waals surface area contributed by atoms with Gasteiger partial charge in [0.15, 0.2) is 0 Å². The Balaban J connectivity index is 2.44. The number of alkyl halides is 1. The van der Waals surface area contributed by atoms with Crippen molar-refractivity contribution in [2.45, 2.75) is 31.9 Å². The second-order valence-electron chi connectivity index (χ2n) is 4.37. The van der Waals surface area contributed by atoms with Crippen LogP contribution in [0.2, 0.25) is 0 Å². The van der Waals surface area contributed by atoms with Gasteiger partial charge in [-0.2, -0.15) is 0 Å². The summed E-state index contributed by atoms with van der Waals surface area (Å²) in [5.41, 5.74) is 7.44. The lowest BCUT2D eigenvalue weighted by Crippen LogP contribution is -2.20. The predicted molar refractivity (Wildman–Crippen MR) is 55.9 cm³/mol. The quantitative estimate of drug-likeness (QED) is 0.817. The van der Waals surface area contributed by atoms with Gasteiger partial charge in [0.1, 0.15) is 12.5 Å². The molecule has 0 aliphatic heterocycles. The van der Waals surface area contributed by atoms with Crippen molar-refractivity contribution in [1.29, 1.82) is 0 Å². The first-order valence-corrected chi connectivity index (χ1v) is 5.18. The van der Waals surface area contributed by atoms with Crippen molar-refractivity contribution >= 4 is 0 Å². The minimum Gasteiger partial charge on any atom is -0.330 e. The van der Waals surface area contributed by atoms with E-state index in [1.54, 1.807) is 6.92 Å². The Morgan fingerprint density at radius 1 is 1.40 bits per heavy atom. The topological polar surface area (TPSA) is 26.0 Å². The molecule has 3 heteroatoms. The molecule has 15 heavy (non-hydrogen) atoms. The first-order valence-electron chi connectivity index (χ1n) is 5.18. The average Bonchev–Trinajstić information content (AvgIpc) is 2.97. The van der Waals surface area contributed by atoms with Gasteiger partial charge in [-0.15, -0.1) is 0 Å². The van der Waals surface area contributed by atoms with Crippen LogP contribution in [0.4, 0.5) is 8.78 Å². The number of nitrogens with two attached hydrogens (primary N) is 1. The van der Waals surface area contributed by atoms with Gasteiger partial charge >= 0.3 is 0 Å². The van der Waals surface area contributed by atoms with E-state index in [2.05, 4.69) is 0 Å². The summed E-state index contributed by atoms with van der Waals surface area (Å²) in [7, 11) is 0. The van der Waals surface area contributed by atoms with Gasteiger partial charge in [0.2, 0.25) is 0 Å². The molecule has 1 aromatic carbocycles. The number of rotatable bonds is 3. The molecule has 1 aromatic rings. The van der Waals surface area contributed by atoms with E-state index in [-0.39, 0.29) is 11.0 Å². The van der Waals surface area contributed by atoms with Crippen molar-refractivity contribution in [3.8, 4) is 0 Å². The van der Waals surface area contributed by atoms with Crippen LogP contribution in [0.1, 0.15) is 29.5 Å². The highest BCUT2D eigenvalue weighted by Crippen LogP contribution is 2.47. The molecule has 0 aromatic heterocycles. The van der Waals surface area contributed by atoms with E-state index in [0.717, 1.165) is 18.4 Å². The smallest absolute Gasteiger partial charge is 0.129 e. The molecule has 2 rings (SSSR count). The van der Waals surface area contributed by atoms with Gasteiger partial charge in [-0.05, 0) is 37.0 Å². The van der Waals surface area contributed by atoms with E-state index in [0.29, 0.717) is 12.1 Å². The van der Waals surface area contributed by atoms with Crippen LogP contribution < -0.4 is 5.73 Å². The Hall–Kier alpha value is -0.960. The Labute approximate surface area is 88.3 Å². The summed E-state index contributed by atoms with van der Waals surface area (Å²) in [4.78, 5) is 0. The number of hydrogen-bond acceptors (Lipinski definition) is 1. The summed E-state index contributed by atoms with van der Waals surface area (Å²) in [6, 6.07) is 3.32. The maximum absolute atomic E-state index is 13.5. The maximum Gasteiger partial charge on any atom is 0.129 e. The first-order chi connectivity index (χ1) is 7.13. The Kier molecular flexibility index (Phi) is 2.51. The number of hydrogen-bond donors (Lipinski definition) is 1. The SMILES string of the molecule is Cc1cc(C2(CN)CC2)cc(F)c1CF. The molecule has 0 heterocycles. The predicted octanol–water partition coefficient (Wildman–Crippen LogP) is 2.59. The molecule has 0 bridgehead atoms. The van der Waals surface area contributed by atoms with Gasteiger partial charge in [0, 0.05) is 17.5 Å². The second kappa shape index (κ2) is 3.56. The van der Waals surface area contributed by atoms with E-state index >= 15 is 0 Å². The molecule has 1 nitrogen and oxygen atoms in total. The molecule has 0 radical (unpaired) electrons. The molecule has 1 saturated carbocycles. The lowest BCUT2D eigenvalue weighted by molar-refractivity contribution is 0.460. The van der Waals surface area contributed by atoms with E-state index in [4.69, 9.17) is 5.73 Å². The van der Waals surface area contributed by atoms with Crippen molar-refractivity contribution in [3.05, 3.63) is 34.6 Å². The van der Waals surface area contributed by atoms with Gasteiger partial charge in [-0.25, -0.2) is 8.78 Å². The number of halogens is 2. The van der Waals surface area contributed by atoms with E-state index < -0.39 is 12.5 Å². The van der Waals surface area contributed by atoms with Crippen LogP contribution >= 0.6 is 0 Å². The molecular formula is C12H15F2N. The zero-order chi connectivity index (χ0) is 11.1. The van der Waals surface area contributed by atoms with Crippen LogP contribution in [0.3, 0.4) is 0 Å². The highest BCUT2D eigenvalue weighted by Gasteiger charge is 2.43. The van der Waals surface area contributed by atoms with Gasteiger partial charge in [-0.1, -0.05) is 6.07 Å². The molecule has 0 spiro atoms. The third kappa shape index (κ3) is 1.65. The molecule has 1 aliphatic carbocycles. The molecule has 0 saturated heterocycles. The van der Waals surface area contributed by atoms with Gasteiger partial charge in [0.05, 0.1) is 0 Å². The fourth-order valence-corrected chi connectivity index (χ4v) is 2.01. The fourth-order valence-electron chi connectivity index (χ4n) is 2.01. The van der Waals surface area contributed by atoms with Gasteiger partial charge in [0.25, 0.3) is 0 Å². The molecule has 0 amide bonds. The molecule has 2 N–H and O–H groups in total. The zero-order valence-corrected chi connectivity index (χ0v) is 8.82. The third-order valence-corrected chi connectivity index (χ3v) is 3.41. The first kappa shape index (κ1) is 10.6. The van der Waals surface area contributed by atoms with E-state index in [1.165, 1.54) is 6.07 Å². The van der Waals surface area contributed by atoms with Gasteiger partial charge < -0.3 is 5.73 Å². The van der Waals surface area contributed by atoms with E-state index in [1.807, 2.05) is 6.07 Å². The highest BCUT2D eigenvalue weighted by atomic mass is 19.1. The Morgan fingerprint density at radius 2 is 2.07 bits per heavy atom. The summed E-state index contributed by atoms with van der Waals surface area (Å²) in [6.45, 7) is 1.54. The summed E-state index contributed by atoms with van der Waals surface area (Å²) >= 11 is 0. The zero-order valence-electron chi connectivity index (χ0n) is 8.82. The van der Waals surface area contributed by atoms with E-state index in [9.17, 15) is 8.78 Å². The molecule has 0 unspecified atom stereocenters. The summed E-state index contributed by atoms with van der Waals surface area (Å²) < 4.78 is 26.0. The monoisotopic (exact) mass is 211 g/mol. The van der Waals surface area contributed by atoms with Crippen LogP contribution in [-0.4, -0.2) is 6.54 Å². The third-order valence-electron chi connectivity index (χ3n) is 3.41. The lowest BCUT2D eigenvalue weighted by atomic mass is 9.92. The van der Waals surface area contributed by atoms with Crippen LogP contribution in [0.5, 0.6) is 0 Å². The maximum atomic E-state index is 13.5. The fraction of sp³-hybridized carbons (Fsp3) is 0.500. The van der Waals surface area contributed by atoms with Crippen LogP contribution in [-0.2, 0) is 12.1 Å². The molecule has 1 aliphatic rings. The minimum atomic E-state index is -0.742. The van der Waals surface area contributed by atoms with Crippen LogP contribution in [0.15, 0.2) is 12.1 Å². The molecule has 0 atom stereocenters. The van der Waals surface area contributed by atoms with Gasteiger partial charge in [-0.3, -0.25) is 0 Å². The molecule has 82 valence electrons. The number of aryl methyl sites for hydroxylation is 1. The highest BCUT2D eigenvalue weighted by molar-refractivity contribution is 5.39. The summed E-state index contributed by atoms with van der Waals surface area (Å²) in [5.74, 6) is -0.438. The Bertz CT molecular complexity index is 360. The Morgan fingerprint density at radius 3 is 2.47 bits per heavy atom. The summed E-state index contributed by atoms with van der Waals surface area (Å²) in [5, 5.41) is 0. The van der Waals surface area contributed by atoms with Crippen LogP contribution in [0, 0.1) is 12.7 Å². The van der Waals surface area contributed by atoms with Crippen molar-refractivity contribution in [2.24, 2.45) is 5.73 Å². The molecular weight excluding hydrogens is 196 g/mol. The summed E-state index contributed by atoms with van der Waals surface area (Å²) in [6.07, 6.45) is 2.02. The average molecular weight is 211 g/mol. The number of benzene rings is 1. The standard InChI is InChI=1S/C12H15F2N/c1-8-4-9(12(7-15)2-3-12)5-11(14)10(8)6-13/h4-5H,2-3,6-7,15H2,1H3. The van der Waals surface area contributed by atoms with Crippen molar-refractivity contribution in [3.63, 3.8) is 0 Å². The second-order valence-corrected chi connectivity index (χ2v) is 4.37. The van der Waals surface area contributed by atoms with Crippen molar-refractivity contribution in [1.82, 2.24) is 0 Å². The van der Waals surface area contributed by atoms with Crippen molar-refractivity contribution < 1.29 is 8.78 Å². The minimum absolute atomic E-state index is 0.0273.